The van der Waals surface area contributed by atoms with E-state index in [1.54, 1.807) is 0 Å². The molecule has 0 aromatic carbocycles. The SMILES string of the molecule is CCN1C(=O)CC(NCC2CC2)C1=O. The van der Waals surface area contributed by atoms with Gasteiger partial charge in [-0.2, -0.15) is 0 Å². The van der Waals surface area contributed by atoms with Crippen LogP contribution in [0.4, 0.5) is 0 Å². The second-order valence-electron chi connectivity index (χ2n) is 4.08. The van der Waals surface area contributed by atoms with Gasteiger partial charge in [-0.3, -0.25) is 14.5 Å². The van der Waals surface area contributed by atoms with E-state index in [-0.39, 0.29) is 17.9 Å². The third-order valence-electron chi connectivity index (χ3n) is 2.91. The van der Waals surface area contributed by atoms with Crippen molar-refractivity contribution < 1.29 is 9.59 Å². The number of nitrogens with zero attached hydrogens (tertiary/aromatic N) is 1. The van der Waals surface area contributed by atoms with E-state index in [0.717, 1.165) is 12.5 Å². The van der Waals surface area contributed by atoms with Gasteiger partial charge in [-0.25, -0.2) is 0 Å². The van der Waals surface area contributed by atoms with E-state index < -0.39 is 0 Å². The quantitative estimate of drug-likeness (QED) is 0.650. The van der Waals surface area contributed by atoms with Crippen LogP contribution in [0.25, 0.3) is 0 Å². The number of hydrogen-bond acceptors (Lipinski definition) is 3. The molecule has 1 saturated carbocycles. The highest BCUT2D eigenvalue weighted by molar-refractivity contribution is 6.05. The topological polar surface area (TPSA) is 49.4 Å². The van der Waals surface area contributed by atoms with Crippen molar-refractivity contribution in [2.24, 2.45) is 5.92 Å². The first kappa shape index (κ1) is 9.65. The van der Waals surface area contributed by atoms with Crippen LogP contribution in [0.15, 0.2) is 0 Å². The average molecular weight is 196 g/mol. The predicted molar refractivity (Wildman–Crippen MR) is 51.5 cm³/mol. The summed E-state index contributed by atoms with van der Waals surface area (Å²) < 4.78 is 0. The van der Waals surface area contributed by atoms with Crippen LogP contribution in [-0.2, 0) is 9.59 Å². The van der Waals surface area contributed by atoms with Crippen molar-refractivity contribution in [1.29, 1.82) is 0 Å². The fourth-order valence-corrected chi connectivity index (χ4v) is 1.81. The summed E-state index contributed by atoms with van der Waals surface area (Å²) in [7, 11) is 0. The number of likely N-dealkylation sites (N-methyl/N-ethyl adjacent to an activating group) is 1. The Morgan fingerprint density at radius 3 is 2.64 bits per heavy atom. The van der Waals surface area contributed by atoms with Gasteiger partial charge in [-0.15, -0.1) is 0 Å². The molecular formula is C10H16N2O2. The summed E-state index contributed by atoms with van der Waals surface area (Å²) in [5.41, 5.74) is 0. The van der Waals surface area contributed by atoms with Crippen molar-refractivity contribution in [1.82, 2.24) is 10.2 Å². The molecule has 0 radical (unpaired) electrons. The standard InChI is InChI=1S/C10H16N2O2/c1-2-12-9(13)5-8(10(12)14)11-6-7-3-4-7/h7-8,11H,2-6H2,1H3. The fourth-order valence-electron chi connectivity index (χ4n) is 1.81. The van der Waals surface area contributed by atoms with Crippen LogP contribution in [0.3, 0.4) is 0 Å². The molecule has 1 unspecified atom stereocenters. The van der Waals surface area contributed by atoms with Crippen LogP contribution in [0.2, 0.25) is 0 Å². The predicted octanol–water partition coefficient (Wildman–Crippen LogP) is 0.133. The molecule has 2 aliphatic rings. The summed E-state index contributed by atoms with van der Waals surface area (Å²) in [5, 5.41) is 3.18. The summed E-state index contributed by atoms with van der Waals surface area (Å²) in [5.74, 6) is 0.664. The van der Waals surface area contributed by atoms with Crippen molar-refractivity contribution >= 4 is 11.8 Å². The lowest BCUT2D eigenvalue weighted by Gasteiger charge is -2.12. The Labute approximate surface area is 83.6 Å². The molecule has 1 heterocycles. The van der Waals surface area contributed by atoms with Crippen molar-refractivity contribution in [3.05, 3.63) is 0 Å². The Kier molecular flexibility index (Phi) is 2.54. The zero-order valence-electron chi connectivity index (χ0n) is 8.45. The van der Waals surface area contributed by atoms with E-state index in [1.165, 1.54) is 17.7 Å². The number of rotatable bonds is 4. The van der Waals surface area contributed by atoms with Gasteiger partial charge in [-0.1, -0.05) is 0 Å². The zero-order chi connectivity index (χ0) is 10.1. The zero-order valence-corrected chi connectivity index (χ0v) is 8.45. The summed E-state index contributed by atoms with van der Waals surface area (Å²) in [4.78, 5) is 24.3. The largest absolute Gasteiger partial charge is 0.305 e. The Morgan fingerprint density at radius 1 is 1.43 bits per heavy atom. The summed E-state index contributed by atoms with van der Waals surface area (Å²) in [6, 6.07) is -0.247. The highest BCUT2D eigenvalue weighted by Gasteiger charge is 2.37. The molecule has 0 spiro atoms. The summed E-state index contributed by atoms with van der Waals surface area (Å²) in [6.45, 7) is 3.22. The molecule has 2 fully saturated rings. The second kappa shape index (κ2) is 3.69. The van der Waals surface area contributed by atoms with E-state index in [4.69, 9.17) is 0 Å². The van der Waals surface area contributed by atoms with Crippen LogP contribution < -0.4 is 5.32 Å². The summed E-state index contributed by atoms with van der Waals surface area (Å²) >= 11 is 0. The number of likely N-dealkylation sites (tertiary alicyclic amines) is 1. The lowest BCUT2D eigenvalue weighted by Crippen LogP contribution is -2.39. The van der Waals surface area contributed by atoms with Gasteiger partial charge in [0.2, 0.25) is 11.8 Å². The van der Waals surface area contributed by atoms with Crippen molar-refractivity contribution in [3.63, 3.8) is 0 Å². The van der Waals surface area contributed by atoms with E-state index in [9.17, 15) is 9.59 Å². The van der Waals surface area contributed by atoms with Gasteiger partial charge in [0.05, 0.1) is 12.5 Å². The molecule has 2 amide bonds. The van der Waals surface area contributed by atoms with Gasteiger partial charge in [0.1, 0.15) is 0 Å². The van der Waals surface area contributed by atoms with Crippen molar-refractivity contribution in [3.8, 4) is 0 Å². The minimum Gasteiger partial charge on any atom is -0.305 e. The van der Waals surface area contributed by atoms with E-state index in [1.807, 2.05) is 6.92 Å². The first-order chi connectivity index (χ1) is 6.72. The molecule has 4 heteroatoms. The van der Waals surface area contributed by atoms with Gasteiger partial charge in [-0.05, 0) is 32.2 Å². The lowest BCUT2D eigenvalue weighted by atomic mass is 10.2. The molecule has 0 aromatic rings. The van der Waals surface area contributed by atoms with Gasteiger partial charge in [0.15, 0.2) is 0 Å². The minimum absolute atomic E-state index is 0.0363. The van der Waals surface area contributed by atoms with Crippen LogP contribution >= 0.6 is 0 Å². The molecule has 4 nitrogen and oxygen atoms in total. The normalized spacial score (nSPS) is 27.5. The maximum absolute atomic E-state index is 11.6. The van der Waals surface area contributed by atoms with Gasteiger partial charge < -0.3 is 5.32 Å². The minimum atomic E-state index is -0.247. The Bertz CT molecular complexity index is 261. The first-order valence-electron chi connectivity index (χ1n) is 5.30. The van der Waals surface area contributed by atoms with E-state index in [2.05, 4.69) is 5.32 Å². The molecular weight excluding hydrogens is 180 g/mol. The molecule has 2 rings (SSSR count). The Morgan fingerprint density at radius 2 is 2.14 bits per heavy atom. The Balaban J connectivity index is 1.87. The fraction of sp³-hybridized carbons (Fsp3) is 0.800. The van der Waals surface area contributed by atoms with Crippen molar-refractivity contribution in [2.45, 2.75) is 32.2 Å². The number of carbonyl (C=O) groups is 2. The van der Waals surface area contributed by atoms with Gasteiger partial charge in [0, 0.05) is 6.54 Å². The average Bonchev–Trinajstić information content (AvgIpc) is 2.92. The maximum Gasteiger partial charge on any atom is 0.246 e. The van der Waals surface area contributed by atoms with E-state index in [0.29, 0.717) is 13.0 Å². The number of carbonyl (C=O) groups excluding carboxylic acids is 2. The highest BCUT2D eigenvalue weighted by atomic mass is 16.2. The third-order valence-corrected chi connectivity index (χ3v) is 2.91. The van der Waals surface area contributed by atoms with Gasteiger partial charge >= 0.3 is 0 Å². The second-order valence-corrected chi connectivity index (χ2v) is 4.08. The molecule has 0 bridgehead atoms. The van der Waals surface area contributed by atoms with Crippen LogP contribution in [0.5, 0.6) is 0 Å². The summed E-state index contributed by atoms with van der Waals surface area (Å²) in [6.07, 6.45) is 2.87. The van der Waals surface area contributed by atoms with Crippen LogP contribution in [0, 0.1) is 5.92 Å². The van der Waals surface area contributed by atoms with Crippen LogP contribution in [-0.4, -0.2) is 35.8 Å². The number of nitrogens with one attached hydrogen (secondary N) is 1. The molecule has 1 N–H and O–H groups in total. The number of amides is 2. The lowest BCUT2D eigenvalue weighted by molar-refractivity contribution is -0.138. The number of imide groups is 1. The molecule has 78 valence electrons. The monoisotopic (exact) mass is 196 g/mol. The first-order valence-corrected chi connectivity index (χ1v) is 5.30. The van der Waals surface area contributed by atoms with Crippen molar-refractivity contribution in [2.75, 3.05) is 13.1 Å². The molecule has 14 heavy (non-hydrogen) atoms. The molecule has 1 saturated heterocycles. The van der Waals surface area contributed by atoms with E-state index >= 15 is 0 Å². The third kappa shape index (κ3) is 1.80. The molecule has 1 aliphatic carbocycles. The Hall–Kier alpha value is -0.900. The smallest absolute Gasteiger partial charge is 0.246 e. The van der Waals surface area contributed by atoms with Gasteiger partial charge in [0.25, 0.3) is 0 Å². The maximum atomic E-state index is 11.6. The van der Waals surface area contributed by atoms with Crippen LogP contribution in [0.1, 0.15) is 26.2 Å². The number of hydrogen-bond donors (Lipinski definition) is 1. The molecule has 1 atom stereocenters. The molecule has 0 aromatic heterocycles. The molecule has 1 aliphatic heterocycles. The highest BCUT2D eigenvalue weighted by Crippen LogP contribution is 2.28.